The Hall–Kier alpha value is -0.870. The molecule has 0 aliphatic rings. The van der Waals surface area contributed by atoms with Crippen LogP contribution in [-0.4, -0.2) is 41.9 Å². The second-order valence-electron chi connectivity index (χ2n) is 4.21. The highest BCUT2D eigenvalue weighted by Gasteiger charge is 2.07. The van der Waals surface area contributed by atoms with Crippen molar-refractivity contribution in [1.82, 2.24) is 20.0 Å². The lowest BCUT2D eigenvalue weighted by molar-refractivity contribution is 0.387. The van der Waals surface area contributed by atoms with Gasteiger partial charge in [0, 0.05) is 19.3 Å². The predicted molar refractivity (Wildman–Crippen MR) is 62.8 cm³/mol. The van der Waals surface area contributed by atoms with E-state index in [2.05, 4.69) is 42.4 Å². The summed E-state index contributed by atoms with van der Waals surface area (Å²) < 4.78 is 1.92. The third kappa shape index (κ3) is 4.01. The maximum absolute atomic E-state index is 4.16. The molecule has 0 saturated carbocycles. The van der Waals surface area contributed by atoms with E-state index >= 15 is 0 Å². The second-order valence-corrected chi connectivity index (χ2v) is 4.21. The zero-order chi connectivity index (χ0) is 11.3. The van der Waals surface area contributed by atoms with Crippen LogP contribution in [0.25, 0.3) is 0 Å². The summed E-state index contributed by atoms with van der Waals surface area (Å²) in [5.41, 5.74) is 1.24. The lowest BCUT2D eigenvalue weighted by Crippen LogP contribution is -2.25. The first-order valence-corrected chi connectivity index (χ1v) is 5.47. The summed E-state index contributed by atoms with van der Waals surface area (Å²) >= 11 is 0. The molecule has 1 heterocycles. The van der Waals surface area contributed by atoms with Gasteiger partial charge in [-0.2, -0.15) is 5.10 Å². The third-order valence-corrected chi connectivity index (χ3v) is 2.54. The van der Waals surface area contributed by atoms with E-state index in [0.717, 1.165) is 13.1 Å². The fraction of sp³-hybridized carbons (Fsp3) is 0.727. The van der Waals surface area contributed by atoms with Crippen LogP contribution in [0.3, 0.4) is 0 Å². The van der Waals surface area contributed by atoms with Gasteiger partial charge in [-0.1, -0.05) is 0 Å². The Morgan fingerprint density at radius 2 is 2.27 bits per heavy atom. The van der Waals surface area contributed by atoms with E-state index in [4.69, 9.17) is 0 Å². The van der Waals surface area contributed by atoms with Crippen molar-refractivity contribution in [3.63, 3.8) is 0 Å². The van der Waals surface area contributed by atoms with Crippen LogP contribution in [0, 0.1) is 0 Å². The number of nitrogens with zero attached hydrogens (tertiary/aromatic N) is 3. The Bertz CT molecular complexity index is 280. The lowest BCUT2D eigenvalue weighted by Gasteiger charge is -2.15. The molecule has 0 fully saturated rings. The topological polar surface area (TPSA) is 33.1 Å². The van der Waals surface area contributed by atoms with E-state index in [1.54, 1.807) is 0 Å². The SMILES string of the molecule is CC(NCCCN(C)C)c1ccnn1C. The standard InChI is InChI=1S/C11H22N4/c1-10(11-6-8-13-15(11)4)12-7-5-9-14(2)3/h6,8,10,12H,5,7,9H2,1-4H3. The summed E-state index contributed by atoms with van der Waals surface area (Å²) in [5.74, 6) is 0. The molecule has 0 aromatic carbocycles. The van der Waals surface area contributed by atoms with Crippen LogP contribution in [0.2, 0.25) is 0 Å². The fourth-order valence-corrected chi connectivity index (χ4v) is 1.63. The van der Waals surface area contributed by atoms with Crippen LogP contribution in [0.4, 0.5) is 0 Å². The lowest BCUT2D eigenvalue weighted by atomic mass is 10.2. The summed E-state index contributed by atoms with van der Waals surface area (Å²) in [5, 5.41) is 7.66. The number of hydrogen-bond acceptors (Lipinski definition) is 3. The van der Waals surface area contributed by atoms with Crippen LogP contribution >= 0.6 is 0 Å². The summed E-state index contributed by atoms with van der Waals surface area (Å²) in [6.45, 7) is 4.35. The number of hydrogen-bond donors (Lipinski definition) is 1. The van der Waals surface area contributed by atoms with Gasteiger partial charge in [-0.15, -0.1) is 0 Å². The number of aromatic nitrogens is 2. The molecule has 1 aromatic rings. The first-order valence-electron chi connectivity index (χ1n) is 5.47. The van der Waals surface area contributed by atoms with Gasteiger partial charge in [0.25, 0.3) is 0 Å². The van der Waals surface area contributed by atoms with Crippen LogP contribution in [0.1, 0.15) is 25.1 Å². The van der Waals surface area contributed by atoms with Gasteiger partial charge in [0.1, 0.15) is 0 Å². The van der Waals surface area contributed by atoms with Crippen LogP contribution in [0.5, 0.6) is 0 Å². The van der Waals surface area contributed by atoms with E-state index in [1.165, 1.54) is 12.1 Å². The number of aryl methyl sites for hydroxylation is 1. The third-order valence-electron chi connectivity index (χ3n) is 2.54. The smallest absolute Gasteiger partial charge is 0.0547 e. The Morgan fingerprint density at radius 3 is 2.80 bits per heavy atom. The molecule has 0 aliphatic heterocycles. The molecule has 0 bridgehead atoms. The average molecular weight is 210 g/mol. The Kier molecular flexibility index (Phi) is 4.78. The molecule has 1 unspecified atom stereocenters. The van der Waals surface area contributed by atoms with Crippen molar-refractivity contribution >= 4 is 0 Å². The predicted octanol–water partition coefficient (Wildman–Crippen LogP) is 1.02. The molecule has 0 amide bonds. The van der Waals surface area contributed by atoms with Crippen LogP contribution in [-0.2, 0) is 7.05 Å². The molecular weight excluding hydrogens is 188 g/mol. The molecule has 0 radical (unpaired) electrons. The van der Waals surface area contributed by atoms with Gasteiger partial charge >= 0.3 is 0 Å². The molecule has 4 heteroatoms. The van der Waals surface area contributed by atoms with E-state index in [9.17, 15) is 0 Å². The van der Waals surface area contributed by atoms with E-state index in [-0.39, 0.29) is 0 Å². The quantitative estimate of drug-likeness (QED) is 0.712. The van der Waals surface area contributed by atoms with Crippen molar-refractivity contribution in [2.45, 2.75) is 19.4 Å². The Labute approximate surface area is 92.3 Å². The van der Waals surface area contributed by atoms with Gasteiger partial charge in [0.05, 0.1) is 5.69 Å². The molecule has 0 aliphatic carbocycles. The van der Waals surface area contributed by atoms with Gasteiger partial charge in [-0.05, 0) is 46.6 Å². The van der Waals surface area contributed by atoms with Crippen LogP contribution < -0.4 is 5.32 Å². The van der Waals surface area contributed by atoms with Gasteiger partial charge < -0.3 is 10.2 Å². The molecule has 0 spiro atoms. The minimum atomic E-state index is 0.375. The maximum Gasteiger partial charge on any atom is 0.0547 e. The van der Waals surface area contributed by atoms with E-state index in [1.807, 2.05) is 17.9 Å². The van der Waals surface area contributed by atoms with Crippen molar-refractivity contribution in [2.75, 3.05) is 27.2 Å². The molecule has 4 nitrogen and oxygen atoms in total. The molecular formula is C11H22N4. The molecule has 1 atom stereocenters. The van der Waals surface area contributed by atoms with Crippen LogP contribution in [0.15, 0.2) is 12.3 Å². The Balaban J connectivity index is 2.25. The van der Waals surface area contributed by atoms with Crippen molar-refractivity contribution < 1.29 is 0 Å². The monoisotopic (exact) mass is 210 g/mol. The van der Waals surface area contributed by atoms with Gasteiger partial charge in [0.2, 0.25) is 0 Å². The van der Waals surface area contributed by atoms with Crippen molar-refractivity contribution in [3.05, 3.63) is 18.0 Å². The summed E-state index contributed by atoms with van der Waals surface area (Å²) in [4.78, 5) is 2.20. The number of nitrogens with one attached hydrogen (secondary N) is 1. The summed E-state index contributed by atoms with van der Waals surface area (Å²) in [6, 6.07) is 2.43. The molecule has 86 valence electrons. The van der Waals surface area contributed by atoms with Gasteiger partial charge in [0.15, 0.2) is 0 Å². The largest absolute Gasteiger partial charge is 0.309 e. The van der Waals surface area contributed by atoms with Crippen molar-refractivity contribution in [2.24, 2.45) is 7.05 Å². The highest BCUT2D eigenvalue weighted by molar-refractivity contribution is 5.04. The van der Waals surface area contributed by atoms with Gasteiger partial charge in [-0.25, -0.2) is 0 Å². The molecule has 1 N–H and O–H groups in total. The van der Waals surface area contributed by atoms with Crippen molar-refractivity contribution in [3.8, 4) is 0 Å². The highest BCUT2D eigenvalue weighted by atomic mass is 15.3. The van der Waals surface area contributed by atoms with E-state index in [0.29, 0.717) is 6.04 Å². The number of rotatable bonds is 6. The van der Waals surface area contributed by atoms with Gasteiger partial charge in [-0.3, -0.25) is 4.68 Å². The summed E-state index contributed by atoms with van der Waals surface area (Å²) in [6.07, 6.45) is 3.02. The maximum atomic E-state index is 4.16. The highest BCUT2D eigenvalue weighted by Crippen LogP contribution is 2.09. The molecule has 1 aromatic heterocycles. The molecule has 15 heavy (non-hydrogen) atoms. The first-order chi connectivity index (χ1) is 7.11. The summed E-state index contributed by atoms with van der Waals surface area (Å²) in [7, 11) is 6.18. The molecule has 0 saturated heterocycles. The zero-order valence-corrected chi connectivity index (χ0v) is 10.2. The zero-order valence-electron chi connectivity index (χ0n) is 10.2. The van der Waals surface area contributed by atoms with Crippen molar-refractivity contribution in [1.29, 1.82) is 0 Å². The molecule has 1 rings (SSSR count). The first kappa shape index (κ1) is 12.2. The van der Waals surface area contributed by atoms with E-state index < -0.39 is 0 Å². The normalized spacial score (nSPS) is 13.4. The fourth-order valence-electron chi connectivity index (χ4n) is 1.63. The minimum Gasteiger partial charge on any atom is -0.309 e. The Morgan fingerprint density at radius 1 is 1.53 bits per heavy atom. The second kappa shape index (κ2) is 5.88. The minimum absolute atomic E-state index is 0.375. The average Bonchev–Trinajstić information content (AvgIpc) is 2.58.